The van der Waals surface area contributed by atoms with Crippen LogP contribution in [0.4, 0.5) is 0 Å². The number of carbonyl (C=O) groups is 10. The van der Waals surface area contributed by atoms with Crippen LogP contribution in [0.25, 0.3) is 0 Å². The van der Waals surface area contributed by atoms with E-state index < -0.39 is 120 Å². The zero-order chi connectivity index (χ0) is 63.3. The van der Waals surface area contributed by atoms with Gasteiger partial charge in [0, 0.05) is 31.8 Å². The van der Waals surface area contributed by atoms with Crippen LogP contribution in [-0.4, -0.2) is 180 Å². The van der Waals surface area contributed by atoms with Crippen LogP contribution < -0.4 is 94.1 Å². The molecule has 0 unspecified atom stereocenters. The number of hydrogen-bond acceptors (Lipinski definition) is 17. The molecule has 0 aliphatic rings. The Labute approximate surface area is 499 Å². The highest BCUT2D eigenvalue weighted by Crippen LogP contribution is 2.12. The number of aliphatic carboxylic acids is 1. The number of thioether (sulfide) groups is 1. The summed E-state index contributed by atoms with van der Waals surface area (Å²) in [6, 6.07) is -3.97. The van der Waals surface area contributed by atoms with Gasteiger partial charge in [-0.1, -0.05) is 44.2 Å². The third-order valence-corrected chi connectivity index (χ3v) is 13.4. The summed E-state index contributed by atoms with van der Waals surface area (Å²) in [6.07, 6.45) is 2.13. The molecule has 0 spiro atoms. The van der Waals surface area contributed by atoms with Gasteiger partial charge in [0.1, 0.15) is 48.3 Å². The van der Waals surface area contributed by atoms with Crippen LogP contribution in [0.1, 0.15) is 96.5 Å². The standard InChI is InChI=1S/C51H90N20O11S2/c1-28(2)24-35(45(78)69-36(26-39(54)72)46(79)70-37(48(81)82)25-29-12-5-4-6-13-29)68-43(76)34(17-11-22-63-51(59)60)66-42(75)33(16-10-21-62-50(57)58)65-41(74)31(14-7-8-19-52)67-47(80)38(27-83)71-44(77)32(15-9-20-61-49(55)56)64-40(73)30(53)18-23-84-3/h4-6,12-13,28,30-38,83H,7-11,14-27,52-53H2,1-3H3,(H2,54,72)(H,64,73)(H,65,74)(H,66,75)(H,67,80)(H,68,76)(H,69,78)(H,70,79)(H,71,77)(H,81,82)(H4,55,56,61)(H4,57,58,62)(H4,59,60,63)/t30-,31-,32-,33-,34-,35-,36-,37-,38-/m0/s1. The summed E-state index contributed by atoms with van der Waals surface area (Å²) < 4.78 is 0. The molecule has 0 saturated carbocycles. The Balaban J connectivity index is 3.63. The average Bonchev–Trinajstić information content (AvgIpc) is 3.65. The predicted octanol–water partition coefficient (Wildman–Crippen LogP) is -5.59. The molecule has 1 rings (SSSR count). The van der Waals surface area contributed by atoms with Gasteiger partial charge < -0.3 is 99.2 Å². The maximum atomic E-state index is 14.5. The number of unbranched alkanes of at least 4 members (excludes halogenated alkanes) is 1. The zero-order valence-electron chi connectivity index (χ0n) is 48.0. The van der Waals surface area contributed by atoms with Gasteiger partial charge in [0.15, 0.2) is 17.9 Å². The van der Waals surface area contributed by atoms with Crippen molar-refractivity contribution in [2.75, 3.05) is 43.9 Å². The van der Waals surface area contributed by atoms with Crippen LogP contribution >= 0.6 is 24.4 Å². The van der Waals surface area contributed by atoms with Gasteiger partial charge in [-0.05, 0) is 101 Å². The van der Waals surface area contributed by atoms with Crippen molar-refractivity contribution in [3.05, 3.63) is 35.9 Å². The number of guanidine groups is 3. The van der Waals surface area contributed by atoms with E-state index in [9.17, 15) is 53.1 Å². The van der Waals surface area contributed by atoms with Gasteiger partial charge in [0.05, 0.1) is 12.5 Å². The Morgan fingerprint density at radius 3 is 1.27 bits per heavy atom. The van der Waals surface area contributed by atoms with Crippen LogP contribution in [0.15, 0.2) is 45.3 Å². The summed E-state index contributed by atoms with van der Waals surface area (Å²) in [5.41, 5.74) is 51.0. The molecular weight excluding hydrogens is 1130 g/mol. The summed E-state index contributed by atoms with van der Waals surface area (Å²) in [5, 5.41) is 30.5. The molecule has 31 nitrogen and oxygen atoms in total. The minimum absolute atomic E-state index is 0.00532. The van der Waals surface area contributed by atoms with E-state index in [4.69, 9.17) is 51.6 Å². The number of carboxylic acid groups (broad SMARTS) is 1. The van der Waals surface area contributed by atoms with Crippen LogP contribution in [0.2, 0.25) is 0 Å². The molecule has 27 N–H and O–H groups in total. The number of rotatable bonds is 43. The highest BCUT2D eigenvalue weighted by molar-refractivity contribution is 7.98. The second-order valence-corrected chi connectivity index (χ2v) is 21.4. The molecule has 1 aromatic rings. The fraction of sp³-hybridized carbons (Fsp3) is 0.627. The van der Waals surface area contributed by atoms with Crippen molar-refractivity contribution >= 4 is 101 Å². The Kier molecular flexibility index (Phi) is 36.6. The number of thiol groups is 1. The lowest BCUT2D eigenvalue weighted by Crippen LogP contribution is -2.60. The molecule has 9 amide bonds. The molecule has 0 radical (unpaired) electrons. The molecule has 0 aliphatic heterocycles. The van der Waals surface area contributed by atoms with E-state index in [-0.39, 0.29) is 114 Å². The van der Waals surface area contributed by atoms with Gasteiger partial charge in [-0.15, -0.1) is 0 Å². The number of carboxylic acids is 1. The number of primary amides is 1. The van der Waals surface area contributed by atoms with Crippen molar-refractivity contribution in [1.82, 2.24) is 42.5 Å². The SMILES string of the molecule is CSCC[C@H](N)C(=O)N[C@@H](CCCN=C(N)N)C(=O)N[C@@H](CS)C(=O)N[C@@H](CCCCN)C(=O)N[C@@H](CCCN=C(N)N)C(=O)N[C@@H](CCCN=C(N)N)C(=O)N[C@@H](CC(C)C)C(=O)N[C@@H](CC(N)=O)C(=O)N[C@@H](Cc1ccccc1)C(=O)O. The van der Waals surface area contributed by atoms with Crippen LogP contribution in [-0.2, 0) is 54.4 Å². The molecule has 0 fully saturated rings. The third kappa shape index (κ3) is 31.7. The molecule has 33 heteroatoms. The van der Waals surface area contributed by atoms with Gasteiger partial charge in [0.2, 0.25) is 53.2 Å². The van der Waals surface area contributed by atoms with Crippen LogP contribution in [0, 0.1) is 5.92 Å². The fourth-order valence-electron chi connectivity index (χ4n) is 8.00. The number of hydrogen-bond donors (Lipinski definition) is 19. The highest BCUT2D eigenvalue weighted by atomic mass is 32.2. The van der Waals surface area contributed by atoms with Gasteiger partial charge in [-0.25, -0.2) is 4.79 Å². The molecule has 0 heterocycles. The maximum absolute atomic E-state index is 14.5. The molecule has 0 aliphatic carbocycles. The van der Waals surface area contributed by atoms with E-state index in [1.165, 1.54) is 11.8 Å². The van der Waals surface area contributed by atoms with Crippen LogP contribution in [0.5, 0.6) is 0 Å². The molecule has 472 valence electrons. The Hall–Kier alpha value is -7.65. The number of carbonyl (C=O) groups excluding carboxylic acids is 9. The predicted molar refractivity (Wildman–Crippen MR) is 324 cm³/mol. The molecule has 84 heavy (non-hydrogen) atoms. The van der Waals surface area contributed by atoms with Crippen LogP contribution in [0.3, 0.4) is 0 Å². The molecule has 0 bridgehead atoms. The van der Waals surface area contributed by atoms with Crippen molar-refractivity contribution in [2.45, 2.75) is 152 Å². The monoisotopic (exact) mass is 1220 g/mol. The number of nitrogens with one attached hydrogen (secondary N) is 8. The van der Waals surface area contributed by atoms with Gasteiger partial charge in [-0.3, -0.25) is 58.1 Å². The molecule has 0 saturated heterocycles. The first-order valence-corrected chi connectivity index (χ1v) is 29.4. The van der Waals surface area contributed by atoms with Crippen molar-refractivity contribution in [1.29, 1.82) is 0 Å². The largest absolute Gasteiger partial charge is 0.480 e. The highest BCUT2D eigenvalue weighted by Gasteiger charge is 2.35. The topological polar surface area (TPSA) is 558 Å². The average molecular weight is 1220 g/mol. The number of nitrogens with two attached hydrogens (primary N) is 9. The van der Waals surface area contributed by atoms with Crippen molar-refractivity contribution in [3.8, 4) is 0 Å². The number of nitrogens with zero attached hydrogens (tertiary/aromatic N) is 3. The van der Waals surface area contributed by atoms with E-state index in [2.05, 4.69) is 70.1 Å². The van der Waals surface area contributed by atoms with E-state index in [0.717, 1.165) is 0 Å². The second-order valence-electron chi connectivity index (χ2n) is 20.0. The maximum Gasteiger partial charge on any atom is 0.326 e. The molecule has 9 atom stereocenters. The number of aliphatic imine (C=N–C) groups is 3. The minimum Gasteiger partial charge on any atom is -0.480 e. The lowest BCUT2D eigenvalue weighted by Gasteiger charge is -2.28. The quantitative estimate of drug-likeness (QED) is 0.0125. The molecular formula is C51H90N20O11S2. The molecule has 1 aromatic carbocycles. The van der Waals surface area contributed by atoms with Crippen molar-refractivity contribution < 1.29 is 53.1 Å². The number of benzene rings is 1. The Bertz CT molecular complexity index is 2380. The fourth-order valence-corrected chi connectivity index (χ4v) is 8.74. The summed E-state index contributed by atoms with van der Waals surface area (Å²) in [7, 11) is 0. The normalized spacial score (nSPS) is 14.1. The van der Waals surface area contributed by atoms with Crippen molar-refractivity contribution in [2.24, 2.45) is 72.5 Å². The summed E-state index contributed by atoms with van der Waals surface area (Å²) in [6.45, 7) is 3.79. The second kappa shape index (κ2) is 41.4. The minimum atomic E-state index is -1.69. The lowest BCUT2D eigenvalue weighted by atomic mass is 10.0. The first-order valence-electron chi connectivity index (χ1n) is 27.4. The first-order chi connectivity index (χ1) is 39.7. The summed E-state index contributed by atoms with van der Waals surface area (Å²) in [5.74, 6) is -10.0. The number of amides is 9. The summed E-state index contributed by atoms with van der Waals surface area (Å²) in [4.78, 5) is 148. The Morgan fingerprint density at radius 2 is 0.881 bits per heavy atom. The molecule has 0 aromatic heterocycles. The van der Waals surface area contributed by atoms with Crippen molar-refractivity contribution in [3.63, 3.8) is 0 Å². The summed E-state index contributed by atoms with van der Waals surface area (Å²) >= 11 is 5.78. The van der Waals surface area contributed by atoms with Gasteiger partial charge >= 0.3 is 5.97 Å². The first kappa shape index (κ1) is 74.4. The van der Waals surface area contributed by atoms with E-state index >= 15 is 0 Å². The lowest BCUT2D eigenvalue weighted by molar-refractivity contribution is -0.142. The Morgan fingerprint density at radius 1 is 0.512 bits per heavy atom. The van der Waals surface area contributed by atoms with E-state index in [0.29, 0.717) is 30.6 Å². The van der Waals surface area contributed by atoms with Gasteiger partial charge in [0.25, 0.3) is 0 Å². The zero-order valence-corrected chi connectivity index (χ0v) is 49.7. The van der Waals surface area contributed by atoms with E-state index in [1.807, 2.05) is 6.26 Å². The smallest absolute Gasteiger partial charge is 0.326 e. The third-order valence-electron chi connectivity index (χ3n) is 12.4. The van der Waals surface area contributed by atoms with Gasteiger partial charge in [-0.2, -0.15) is 24.4 Å². The van der Waals surface area contributed by atoms with E-state index in [1.54, 1.807) is 44.2 Å².